The van der Waals surface area contributed by atoms with Crippen LogP contribution in [0.5, 0.6) is 23.0 Å². The lowest BCUT2D eigenvalue weighted by atomic mass is 9.90. The second kappa shape index (κ2) is 9.91. The van der Waals surface area contributed by atoms with Gasteiger partial charge < -0.3 is 29.5 Å². The first-order valence-corrected chi connectivity index (χ1v) is 11.0. The molecule has 4 rings (SSSR count). The first-order chi connectivity index (χ1) is 16.4. The summed E-state index contributed by atoms with van der Waals surface area (Å²) in [7, 11) is 1.51. The smallest absolute Gasteiger partial charge is 0.227 e. The van der Waals surface area contributed by atoms with Crippen LogP contribution in [0.15, 0.2) is 51.7 Å². The van der Waals surface area contributed by atoms with Crippen molar-refractivity contribution in [2.45, 2.75) is 32.1 Å². The molecular formula is C26H27NO7. The molecule has 0 unspecified atom stereocenters. The molecule has 0 radical (unpaired) electrons. The van der Waals surface area contributed by atoms with Gasteiger partial charge in [0.2, 0.25) is 17.1 Å². The molecule has 0 aliphatic carbocycles. The van der Waals surface area contributed by atoms with Crippen molar-refractivity contribution in [2.75, 3.05) is 20.3 Å². The summed E-state index contributed by atoms with van der Waals surface area (Å²) < 4.78 is 22.9. The van der Waals surface area contributed by atoms with Crippen LogP contribution in [0.2, 0.25) is 0 Å². The van der Waals surface area contributed by atoms with Crippen LogP contribution in [0.25, 0.3) is 0 Å². The Labute approximate surface area is 196 Å². The van der Waals surface area contributed by atoms with Gasteiger partial charge in [-0.2, -0.15) is 0 Å². The van der Waals surface area contributed by atoms with Gasteiger partial charge in [0, 0.05) is 30.9 Å². The number of aryl methyl sites for hydroxylation is 1. The normalized spacial score (nSPS) is 13.1. The van der Waals surface area contributed by atoms with Crippen LogP contribution < -0.4 is 25.4 Å². The van der Waals surface area contributed by atoms with Crippen molar-refractivity contribution in [3.8, 4) is 23.0 Å². The number of methoxy groups -OCH3 is 1. The molecule has 178 valence electrons. The monoisotopic (exact) mass is 465 g/mol. The number of hydrogen-bond donors (Lipinski definition) is 2. The number of primary amides is 1. The third-order valence-corrected chi connectivity index (χ3v) is 5.79. The van der Waals surface area contributed by atoms with Crippen LogP contribution in [0.1, 0.15) is 40.5 Å². The van der Waals surface area contributed by atoms with E-state index in [1.807, 2.05) is 12.1 Å². The lowest BCUT2D eigenvalue weighted by molar-refractivity contribution is -0.118. The highest BCUT2D eigenvalue weighted by atomic mass is 16.5. The molecule has 34 heavy (non-hydrogen) atoms. The summed E-state index contributed by atoms with van der Waals surface area (Å²) in [5.74, 6) is -0.00157. The Morgan fingerprint density at radius 2 is 2.06 bits per heavy atom. The Morgan fingerprint density at radius 3 is 2.82 bits per heavy atom. The number of aromatic hydroxyl groups is 1. The van der Waals surface area contributed by atoms with Crippen molar-refractivity contribution in [3.05, 3.63) is 80.9 Å². The van der Waals surface area contributed by atoms with E-state index < -0.39 is 23.0 Å². The summed E-state index contributed by atoms with van der Waals surface area (Å²) in [5.41, 5.74) is 7.72. The zero-order valence-electron chi connectivity index (χ0n) is 19.1. The molecule has 3 N–H and O–H groups in total. The van der Waals surface area contributed by atoms with Crippen LogP contribution >= 0.6 is 0 Å². The van der Waals surface area contributed by atoms with Gasteiger partial charge in [-0.1, -0.05) is 24.3 Å². The lowest BCUT2D eigenvalue weighted by Gasteiger charge is -2.21. The molecule has 1 aromatic heterocycles. The minimum absolute atomic E-state index is 0.0412. The molecular weight excluding hydrogens is 438 g/mol. The highest BCUT2D eigenvalue weighted by molar-refractivity contribution is 5.76. The Hall–Kier alpha value is -3.94. The lowest BCUT2D eigenvalue weighted by Crippen LogP contribution is -2.19. The summed E-state index contributed by atoms with van der Waals surface area (Å²) in [4.78, 5) is 24.1. The first-order valence-electron chi connectivity index (χ1n) is 11.0. The van der Waals surface area contributed by atoms with E-state index in [-0.39, 0.29) is 12.2 Å². The molecule has 1 amide bonds. The minimum Gasteiger partial charge on any atom is -0.502 e. The van der Waals surface area contributed by atoms with Gasteiger partial charge >= 0.3 is 0 Å². The van der Waals surface area contributed by atoms with E-state index >= 15 is 0 Å². The fourth-order valence-corrected chi connectivity index (χ4v) is 4.20. The summed E-state index contributed by atoms with van der Waals surface area (Å²) in [6, 6.07) is 12.5. The maximum atomic E-state index is 12.2. The average Bonchev–Trinajstić information content (AvgIpc) is 3.28. The van der Waals surface area contributed by atoms with E-state index in [0.717, 1.165) is 17.7 Å². The van der Waals surface area contributed by atoms with Gasteiger partial charge in [0.25, 0.3) is 0 Å². The van der Waals surface area contributed by atoms with Gasteiger partial charge in [0.1, 0.15) is 11.5 Å². The van der Waals surface area contributed by atoms with E-state index in [0.29, 0.717) is 42.5 Å². The summed E-state index contributed by atoms with van der Waals surface area (Å²) in [6.45, 7) is 2.62. The predicted molar refractivity (Wildman–Crippen MR) is 125 cm³/mol. The number of fused-ring (bicyclic) bond motifs is 1. The molecule has 0 saturated heterocycles. The number of nitrogens with two attached hydrogens (primary N) is 1. The number of para-hydroxylation sites is 1. The molecule has 2 aromatic carbocycles. The maximum absolute atomic E-state index is 12.2. The van der Waals surface area contributed by atoms with Crippen LogP contribution in [0, 0.1) is 6.92 Å². The van der Waals surface area contributed by atoms with Crippen molar-refractivity contribution >= 4 is 5.91 Å². The van der Waals surface area contributed by atoms with E-state index in [2.05, 4.69) is 6.07 Å². The second-order valence-corrected chi connectivity index (χ2v) is 8.17. The highest BCUT2D eigenvalue weighted by Gasteiger charge is 2.29. The van der Waals surface area contributed by atoms with E-state index in [1.165, 1.54) is 18.7 Å². The van der Waals surface area contributed by atoms with Gasteiger partial charge in [0.05, 0.1) is 26.2 Å². The SMILES string of the molecule is COc1cccc([C@H](CC(N)=O)c2oc(C)cc(=O)c2O)c1OCCc1ccc2c(c1)CCO2. The van der Waals surface area contributed by atoms with Crippen molar-refractivity contribution < 1.29 is 28.5 Å². The van der Waals surface area contributed by atoms with Crippen LogP contribution in [-0.2, 0) is 17.6 Å². The third kappa shape index (κ3) is 4.85. The van der Waals surface area contributed by atoms with E-state index in [1.54, 1.807) is 25.1 Å². The number of carbonyl (C=O) groups is 1. The van der Waals surface area contributed by atoms with Crippen LogP contribution in [0.3, 0.4) is 0 Å². The molecule has 0 spiro atoms. The predicted octanol–water partition coefficient (Wildman–Crippen LogP) is 3.23. The molecule has 0 bridgehead atoms. The highest BCUT2D eigenvalue weighted by Crippen LogP contribution is 2.42. The molecule has 0 fully saturated rings. The van der Waals surface area contributed by atoms with E-state index in [9.17, 15) is 14.7 Å². The largest absolute Gasteiger partial charge is 0.502 e. The Balaban J connectivity index is 1.66. The second-order valence-electron chi connectivity index (χ2n) is 8.17. The zero-order valence-corrected chi connectivity index (χ0v) is 19.1. The fraction of sp³-hybridized carbons (Fsp3) is 0.308. The van der Waals surface area contributed by atoms with Gasteiger partial charge in [-0.05, 0) is 30.2 Å². The number of amides is 1. The number of ether oxygens (including phenoxy) is 3. The number of rotatable bonds is 9. The van der Waals surface area contributed by atoms with E-state index in [4.69, 9.17) is 24.4 Å². The van der Waals surface area contributed by atoms with Crippen molar-refractivity contribution in [2.24, 2.45) is 5.73 Å². The quantitative estimate of drug-likeness (QED) is 0.498. The van der Waals surface area contributed by atoms with Crippen molar-refractivity contribution in [3.63, 3.8) is 0 Å². The molecule has 8 nitrogen and oxygen atoms in total. The molecule has 1 aliphatic rings. The van der Waals surface area contributed by atoms with Gasteiger partial charge in [-0.25, -0.2) is 0 Å². The number of hydrogen-bond acceptors (Lipinski definition) is 7. The average molecular weight is 466 g/mol. The van der Waals surface area contributed by atoms with Gasteiger partial charge in [0.15, 0.2) is 17.3 Å². The van der Waals surface area contributed by atoms with Crippen LogP contribution in [-0.4, -0.2) is 31.3 Å². The molecule has 1 aliphatic heterocycles. The van der Waals surface area contributed by atoms with Crippen LogP contribution in [0.4, 0.5) is 0 Å². The number of benzene rings is 2. The first kappa shape index (κ1) is 23.2. The number of carbonyl (C=O) groups excluding carboxylic acids is 1. The topological polar surface area (TPSA) is 121 Å². The van der Waals surface area contributed by atoms with Gasteiger partial charge in [-0.15, -0.1) is 0 Å². The molecule has 8 heteroatoms. The Kier molecular flexibility index (Phi) is 6.77. The summed E-state index contributed by atoms with van der Waals surface area (Å²) >= 11 is 0. The van der Waals surface area contributed by atoms with Gasteiger partial charge in [-0.3, -0.25) is 9.59 Å². The third-order valence-electron chi connectivity index (χ3n) is 5.79. The Morgan fingerprint density at radius 1 is 1.24 bits per heavy atom. The Bertz CT molecular complexity index is 1260. The summed E-state index contributed by atoms with van der Waals surface area (Å²) in [5, 5.41) is 10.4. The minimum atomic E-state index is -0.840. The molecule has 1 atom stereocenters. The zero-order chi connectivity index (χ0) is 24.2. The maximum Gasteiger partial charge on any atom is 0.227 e. The fourth-order valence-electron chi connectivity index (χ4n) is 4.20. The standard InChI is InChI=1S/C26H27NO7/c1-15-12-20(28)24(30)26(34-15)19(14-23(27)29)18-4-3-5-22(31-2)25(18)33-10-8-16-6-7-21-17(13-16)9-11-32-21/h3-7,12-13,19,30H,8-11,14H2,1-2H3,(H2,27,29)/t19-/m0/s1. The van der Waals surface area contributed by atoms with Crippen molar-refractivity contribution in [1.29, 1.82) is 0 Å². The molecule has 3 aromatic rings. The molecule has 0 saturated carbocycles. The summed E-state index contributed by atoms with van der Waals surface area (Å²) in [6.07, 6.45) is 1.32. The van der Waals surface area contributed by atoms with Crippen molar-refractivity contribution in [1.82, 2.24) is 0 Å². The molecule has 2 heterocycles.